The molecule has 11 heteroatoms. The third kappa shape index (κ3) is 5.64. The molecule has 1 atom stereocenters. The quantitative estimate of drug-likeness (QED) is 0.416. The molecule has 0 aliphatic heterocycles. The average Bonchev–Trinajstić information content (AvgIpc) is 3.14. The Labute approximate surface area is 191 Å². The lowest BCUT2D eigenvalue weighted by atomic mass is 9.82. The van der Waals surface area contributed by atoms with Gasteiger partial charge in [0.25, 0.3) is 5.78 Å². The summed E-state index contributed by atoms with van der Waals surface area (Å²) in [5.41, 5.74) is 0.595. The van der Waals surface area contributed by atoms with Gasteiger partial charge in [0.1, 0.15) is 5.82 Å². The van der Waals surface area contributed by atoms with Crippen molar-refractivity contribution in [1.82, 2.24) is 29.9 Å². The van der Waals surface area contributed by atoms with Crippen LogP contribution in [0.4, 0.5) is 16.3 Å². The number of halogens is 1. The molecule has 0 spiro atoms. The van der Waals surface area contributed by atoms with Gasteiger partial charge in [0.05, 0.1) is 11.8 Å². The molecule has 0 saturated carbocycles. The van der Waals surface area contributed by atoms with E-state index in [1.54, 1.807) is 16.5 Å². The van der Waals surface area contributed by atoms with E-state index in [1.807, 2.05) is 34.6 Å². The maximum absolute atomic E-state index is 13.3. The number of hydrogen-bond acceptors (Lipinski definition) is 8. The lowest BCUT2D eigenvalue weighted by Crippen LogP contribution is -2.37. The first-order valence-electron chi connectivity index (χ1n) is 10.5. The van der Waals surface area contributed by atoms with E-state index >= 15 is 0 Å². The number of amides is 1. The molecule has 32 heavy (non-hydrogen) atoms. The van der Waals surface area contributed by atoms with Crippen molar-refractivity contribution in [3.05, 3.63) is 35.6 Å². The fraction of sp³-hybridized carbons (Fsp3) is 0.476. The molecule has 3 rings (SSSR count). The van der Waals surface area contributed by atoms with Crippen LogP contribution in [0.2, 0.25) is 0 Å². The highest BCUT2D eigenvalue weighted by atomic mass is 32.2. The highest BCUT2D eigenvalue weighted by Gasteiger charge is 2.28. The summed E-state index contributed by atoms with van der Waals surface area (Å²) >= 11 is 1.25. The Morgan fingerprint density at radius 1 is 1.09 bits per heavy atom. The van der Waals surface area contributed by atoms with Crippen LogP contribution in [0, 0.1) is 11.2 Å². The number of anilines is 2. The van der Waals surface area contributed by atoms with E-state index < -0.39 is 0 Å². The highest BCUT2D eigenvalue weighted by molar-refractivity contribution is 7.99. The minimum atomic E-state index is -0.307. The van der Waals surface area contributed by atoms with Gasteiger partial charge in [-0.2, -0.15) is 9.97 Å². The Balaban J connectivity index is 1.76. The molecule has 0 aliphatic rings. The summed E-state index contributed by atoms with van der Waals surface area (Å²) < 4.78 is 15.0. The van der Waals surface area contributed by atoms with Gasteiger partial charge < -0.3 is 16.0 Å². The molecule has 3 aromatic rings. The molecule has 0 aliphatic carbocycles. The fourth-order valence-electron chi connectivity index (χ4n) is 3.19. The van der Waals surface area contributed by atoms with Gasteiger partial charge in [-0.05, 0) is 37.0 Å². The molecule has 1 amide bonds. The van der Waals surface area contributed by atoms with E-state index in [-0.39, 0.29) is 28.9 Å². The van der Waals surface area contributed by atoms with Gasteiger partial charge in [-0.1, -0.05) is 44.7 Å². The molecule has 2 heterocycles. The van der Waals surface area contributed by atoms with E-state index in [4.69, 9.17) is 0 Å². The molecule has 0 fully saturated rings. The molecular formula is C21H29FN8OS. The highest BCUT2D eigenvalue weighted by Crippen LogP contribution is 2.33. The van der Waals surface area contributed by atoms with Crippen LogP contribution >= 0.6 is 11.8 Å². The van der Waals surface area contributed by atoms with E-state index in [0.717, 1.165) is 5.56 Å². The molecule has 1 aromatic carbocycles. The second-order valence-electron chi connectivity index (χ2n) is 8.26. The van der Waals surface area contributed by atoms with Crippen molar-refractivity contribution in [3.63, 3.8) is 0 Å². The zero-order valence-electron chi connectivity index (χ0n) is 18.9. The van der Waals surface area contributed by atoms with Gasteiger partial charge in [-0.3, -0.25) is 4.79 Å². The summed E-state index contributed by atoms with van der Waals surface area (Å²) in [4.78, 5) is 21.6. The van der Waals surface area contributed by atoms with Crippen molar-refractivity contribution in [2.75, 3.05) is 29.5 Å². The third-order valence-electron chi connectivity index (χ3n) is 4.62. The first kappa shape index (κ1) is 23.7. The van der Waals surface area contributed by atoms with Crippen molar-refractivity contribution in [1.29, 1.82) is 0 Å². The molecule has 2 aromatic heterocycles. The number of fused-ring (bicyclic) bond motifs is 1. The van der Waals surface area contributed by atoms with Crippen LogP contribution < -0.4 is 16.0 Å². The number of carbonyl (C=O) groups is 1. The van der Waals surface area contributed by atoms with E-state index in [1.165, 1.54) is 23.9 Å². The summed E-state index contributed by atoms with van der Waals surface area (Å²) in [5, 5.41) is 18.2. The standard InChI is InChI=1S/C21H29FN8OS/c1-6-23-17-26-18(24-7-2)30-19(27-17)28-29-20(30)32-12-15(31)25-16(21(3,4)5)13-8-10-14(22)11-9-13/h8-11,16H,6-7,12H2,1-5H3,(H,25,31)(H2,23,24,26,27,28). The van der Waals surface area contributed by atoms with Gasteiger partial charge in [-0.15, -0.1) is 10.2 Å². The van der Waals surface area contributed by atoms with Crippen LogP contribution in [0.25, 0.3) is 5.78 Å². The average molecular weight is 461 g/mol. The number of rotatable bonds is 9. The molecule has 0 bridgehead atoms. The number of nitrogens with zero attached hydrogens (tertiary/aromatic N) is 5. The Hall–Kier alpha value is -2.95. The molecule has 3 N–H and O–H groups in total. The van der Waals surface area contributed by atoms with Crippen LogP contribution in [0.15, 0.2) is 29.4 Å². The summed E-state index contributed by atoms with van der Waals surface area (Å²) in [6, 6.07) is 5.94. The van der Waals surface area contributed by atoms with Crippen molar-refractivity contribution < 1.29 is 9.18 Å². The zero-order valence-corrected chi connectivity index (χ0v) is 19.8. The number of benzene rings is 1. The van der Waals surface area contributed by atoms with Crippen molar-refractivity contribution in [3.8, 4) is 0 Å². The van der Waals surface area contributed by atoms with Crippen molar-refractivity contribution in [2.24, 2.45) is 5.41 Å². The van der Waals surface area contributed by atoms with Gasteiger partial charge in [0.15, 0.2) is 5.16 Å². The summed E-state index contributed by atoms with van der Waals surface area (Å²) in [7, 11) is 0. The largest absolute Gasteiger partial charge is 0.355 e. The van der Waals surface area contributed by atoms with Gasteiger partial charge in [-0.25, -0.2) is 8.79 Å². The Kier molecular flexibility index (Phi) is 7.49. The molecule has 0 saturated heterocycles. The fourth-order valence-corrected chi connectivity index (χ4v) is 3.92. The van der Waals surface area contributed by atoms with Crippen LogP contribution in [0.1, 0.15) is 46.2 Å². The Morgan fingerprint density at radius 3 is 2.41 bits per heavy atom. The number of nitrogens with one attached hydrogen (secondary N) is 3. The number of thioether (sulfide) groups is 1. The van der Waals surface area contributed by atoms with Crippen molar-refractivity contribution in [2.45, 2.75) is 45.8 Å². The van der Waals surface area contributed by atoms with E-state index in [2.05, 4.69) is 36.1 Å². The predicted molar refractivity (Wildman–Crippen MR) is 124 cm³/mol. The SMILES string of the molecule is CCNc1nc(NCC)n2c(SCC(=O)NC(c3ccc(F)cc3)C(C)(C)C)nnc2n1. The van der Waals surface area contributed by atoms with Crippen LogP contribution in [-0.4, -0.2) is 49.3 Å². The Bertz CT molecular complexity index is 1060. The van der Waals surface area contributed by atoms with Crippen LogP contribution in [0.3, 0.4) is 0 Å². The van der Waals surface area contributed by atoms with Crippen LogP contribution in [-0.2, 0) is 4.79 Å². The van der Waals surface area contributed by atoms with Gasteiger partial charge in [0.2, 0.25) is 17.8 Å². The lowest BCUT2D eigenvalue weighted by molar-refractivity contribution is -0.120. The summed E-state index contributed by atoms with van der Waals surface area (Å²) in [6.07, 6.45) is 0. The monoisotopic (exact) mass is 460 g/mol. The van der Waals surface area contributed by atoms with E-state index in [9.17, 15) is 9.18 Å². The van der Waals surface area contributed by atoms with Crippen molar-refractivity contribution >= 4 is 35.3 Å². The third-order valence-corrected chi connectivity index (χ3v) is 5.55. The maximum atomic E-state index is 13.3. The Morgan fingerprint density at radius 2 is 1.78 bits per heavy atom. The van der Waals surface area contributed by atoms with E-state index in [0.29, 0.717) is 35.9 Å². The first-order valence-corrected chi connectivity index (χ1v) is 11.5. The normalized spacial score (nSPS) is 12.6. The van der Waals surface area contributed by atoms with Gasteiger partial charge >= 0.3 is 0 Å². The molecule has 9 nitrogen and oxygen atoms in total. The molecule has 0 radical (unpaired) electrons. The second kappa shape index (κ2) is 10.1. The first-order chi connectivity index (χ1) is 15.2. The number of aromatic nitrogens is 5. The smallest absolute Gasteiger partial charge is 0.261 e. The number of carbonyl (C=O) groups excluding carboxylic acids is 1. The second-order valence-corrected chi connectivity index (χ2v) is 9.20. The van der Waals surface area contributed by atoms with Crippen LogP contribution in [0.5, 0.6) is 0 Å². The molecule has 172 valence electrons. The van der Waals surface area contributed by atoms with Gasteiger partial charge in [0, 0.05) is 13.1 Å². The zero-order chi connectivity index (χ0) is 23.3. The minimum Gasteiger partial charge on any atom is -0.355 e. The predicted octanol–water partition coefficient (Wildman–Crippen LogP) is 3.52. The molecule has 1 unspecified atom stereocenters. The summed E-state index contributed by atoms with van der Waals surface area (Å²) in [6.45, 7) is 11.4. The number of hydrogen-bond donors (Lipinski definition) is 3. The maximum Gasteiger partial charge on any atom is 0.261 e. The summed E-state index contributed by atoms with van der Waals surface area (Å²) in [5.74, 6) is 1.08. The lowest BCUT2D eigenvalue weighted by Gasteiger charge is -2.32. The molecular weight excluding hydrogens is 431 g/mol. The minimum absolute atomic E-state index is 0.134. The topological polar surface area (TPSA) is 109 Å².